The van der Waals surface area contributed by atoms with Gasteiger partial charge in [-0.2, -0.15) is 5.10 Å². The van der Waals surface area contributed by atoms with Crippen molar-refractivity contribution in [2.45, 2.75) is 26.7 Å². The van der Waals surface area contributed by atoms with E-state index in [1.807, 2.05) is 6.92 Å². The summed E-state index contributed by atoms with van der Waals surface area (Å²) in [6, 6.07) is 0. The average Bonchev–Trinajstić information content (AvgIpc) is 2.46. The molecule has 0 saturated heterocycles. The molecule has 0 fully saturated rings. The van der Waals surface area contributed by atoms with Gasteiger partial charge in [0.1, 0.15) is 5.15 Å². The number of aryl methyl sites for hydroxylation is 2. The fraction of sp³-hybridized carbons (Fsp3) is 0.636. The molecule has 0 aromatic carbocycles. The lowest BCUT2D eigenvalue weighted by Gasteiger charge is -2.02. The van der Waals surface area contributed by atoms with Crippen LogP contribution in [0.4, 0.5) is 0 Å². The second-order valence-corrected chi connectivity index (χ2v) is 4.23. The van der Waals surface area contributed by atoms with Gasteiger partial charge < -0.3 is 5.32 Å². The van der Waals surface area contributed by atoms with E-state index in [-0.39, 0.29) is 5.78 Å². The zero-order valence-corrected chi connectivity index (χ0v) is 10.8. The van der Waals surface area contributed by atoms with Crippen LogP contribution in [-0.2, 0) is 18.3 Å². The highest BCUT2D eigenvalue weighted by atomic mass is 35.5. The number of aromatic nitrogens is 2. The second kappa shape index (κ2) is 6.01. The van der Waals surface area contributed by atoms with Crippen molar-refractivity contribution in [2.24, 2.45) is 7.05 Å². The van der Waals surface area contributed by atoms with E-state index in [1.54, 1.807) is 11.7 Å². The summed E-state index contributed by atoms with van der Waals surface area (Å²) < 4.78 is 1.60. The van der Waals surface area contributed by atoms with E-state index in [0.29, 0.717) is 18.1 Å². The van der Waals surface area contributed by atoms with Gasteiger partial charge in [0.05, 0.1) is 12.2 Å². The molecule has 0 saturated carbocycles. The molecule has 90 valence electrons. The van der Waals surface area contributed by atoms with Crippen molar-refractivity contribution in [3.63, 3.8) is 0 Å². The number of nitrogens with zero attached hydrogens (tertiary/aromatic N) is 2. The Morgan fingerprint density at radius 2 is 2.25 bits per heavy atom. The Morgan fingerprint density at radius 3 is 2.75 bits per heavy atom. The number of nitrogens with one attached hydrogen (secondary N) is 1. The van der Waals surface area contributed by atoms with Gasteiger partial charge in [0.25, 0.3) is 0 Å². The first kappa shape index (κ1) is 13.2. The molecule has 0 aliphatic rings. The van der Waals surface area contributed by atoms with Crippen molar-refractivity contribution < 1.29 is 4.79 Å². The van der Waals surface area contributed by atoms with Crippen LogP contribution in [0.1, 0.15) is 24.6 Å². The molecule has 1 N–H and O–H groups in total. The van der Waals surface area contributed by atoms with Crippen LogP contribution in [0.3, 0.4) is 0 Å². The Labute approximate surface area is 101 Å². The van der Waals surface area contributed by atoms with Crippen LogP contribution in [0.15, 0.2) is 0 Å². The van der Waals surface area contributed by atoms with Crippen molar-refractivity contribution in [1.82, 2.24) is 15.1 Å². The number of hydrogen-bond donors (Lipinski definition) is 1. The molecule has 0 atom stereocenters. The van der Waals surface area contributed by atoms with Gasteiger partial charge in [0.2, 0.25) is 0 Å². The Morgan fingerprint density at radius 1 is 1.56 bits per heavy atom. The minimum atomic E-state index is 0.145. The molecule has 0 spiro atoms. The van der Waals surface area contributed by atoms with Crippen molar-refractivity contribution in [1.29, 1.82) is 0 Å². The summed E-state index contributed by atoms with van der Waals surface area (Å²) in [5, 5.41) is 7.81. The van der Waals surface area contributed by atoms with Gasteiger partial charge in [-0.1, -0.05) is 18.5 Å². The molecule has 1 rings (SSSR count). The largest absolute Gasteiger partial charge is 0.310 e. The molecular weight excluding hydrogens is 226 g/mol. The van der Waals surface area contributed by atoms with Crippen molar-refractivity contribution in [3.8, 4) is 0 Å². The van der Waals surface area contributed by atoms with E-state index in [4.69, 9.17) is 11.6 Å². The third kappa shape index (κ3) is 3.32. The van der Waals surface area contributed by atoms with Crippen molar-refractivity contribution >= 4 is 17.4 Å². The number of ketones is 1. The summed E-state index contributed by atoms with van der Waals surface area (Å²) in [4.78, 5) is 11.6. The molecule has 1 aromatic heterocycles. The maximum atomic E-state index is 11.6. The first-order chi connectivity index (χ1) is 7.56. The van der Waals surface area contributed by atoms with E-state index in [1.165, 1.54) is 0 Å². The third-order valence-electron chi connectivity index (χ3n) is 2.39. The van der Waals surface area contributed by atoms with E-state index in [0.717, 1.165) is 24.2 Å². The van der Waals surface area contributed by atoms with Crippen LogP contribution in [0.25, 0.3) is 0 Å². The Hall–Kier alpha value is -0.870. The molecule has 0 unspecified atom stereocenters. The van der Waals surface area contributed by atoms with E-state index in [2.05, 4.69) is 17.3 Å². The Bertz CT molecular complexity index is 374. The van der Waals surface area contributed by atoms with Crippen LogP contribution in [-0.4, -0.2) is 28.7 Å². The smallest absolute Gasteiger partial charge is 0.151 e. The maximum Gasteiger partial charge on any atom is 0.151 e. The predicted octanol–water partition coefficient (Wildman–Crippen LogP) is 1.49. The SMILES string of the molecule is CCCNCC(=O)Cc1c(C)nn(C)c1Cl. The molecule has 0 aliphatic carbocycles. The monoisotopic (exact) mass is 243 g/mol. The number of carbonyl (C=O) groups excluding carboxylic acids is 1. The number of halogens is 1. The van der Waals surface area contributed by atoms with Gasteiger partial charge in [-0.3, -0.25) is 9.48 Å². The van der Waals surface area contributed by atoms with Gasteiger partial charge in [0.15, 0.2) is 5.78 Å². The fourth-order valence-electron chi connectivity index (χ4n) is 1.54. The molecule has 4 nitrogen and oxygen atoms in total. The topological polar surface area (TPSA) is 46.9 Å². The maximum absolute atomic E-state index is 11.6. The van der Waals surface area contributed by atoms with Crippen LogP contribution in [0.2, 0.25) is 5.15 Å². The van der Waals surface area contributed by atoms with Crippen LogP contribution >= 0.6 is 11.6 Å². The fourth-order valence-corrected chi connectivity index (χ4v) is 1.78. The minimum absolute atomic E-state index is 0.145. The predicted molar refractivity (Wildman–Crippen MR) is 64.8 cm³/mol. The summed E-state index contributed by atoms with van der Waals surface area (Å²) in [7, 11) is 1.78. The van der Waals surface area contributed by atoms with Gasteiger partial charge >= 0.3 is 0 Å². The van der Waals surface area contributed by atoms with Gasteiger partial charge in [-0.05, 0) is 19.9 Å². The minimum Gasteiger partial charge on any atom is -0.310 e. The quantitative estimate of drug-likeness (QED) is 0.771. The van der Waals surface area contributed by atoms with Crippen LogP contribution in [0.5, 0.6) is 0 Å². The number of rotatable bonds is 6. The molecule has 5 heteroatoms. The molecular formula is C11H18ClN3O. The molecule has 0 bridgehead atoms. The highest BCUT2D eigenvalue weighted by Crippen LogP contribution is 2.19. The van der Waals surface area contributed by atoms with Crippen LogP contribution < -0.4 is 5.32 Å². The zero-order chi connectivity index (χ0) is 12.1. The second-order valence-electron chi connectivity index (χ2n) is 3.87. The standard InChI is InChI=1S/C11H18ClN3O/c1-4-5-13-7-9(16)6-10-8(2)14-15(3)11(10)12/h13H,4-7H2,1-3H3. The van der Waals surface area contributed by atoms with Crippen LogP contribution in [0, 0.1) is 6.92 Å². The first-order valence-electron chi connectivity index (χ1n) is 5.46. The summed E-state index contributed by atoms with van der Waals surface area (Å²) in [6.45, 7) is 5.21. The highest BCUT2D eigenvalue weighted by molar-refractivity contribution is 6.30. The molecule has 1 heterocycles. The number of carbonyl (C=O) groups is 1. The molecule has 1 aromatic rings. The zero-order valence-electron chi connectivity index (χ0n) is 10.0. The average molecular weight is 244 g/mol. The van der Waals surface area contributed by atoms with Crippen molar-refractivity contribution in [2.75, 3.05) is 13.1 Å². The summed E-state index contributed by atoms with van der Waals surface area (Å²) >= 11 is 6.05. The lowest BCUT2D eigenvalue weighted by atomic mass is 10.1. The van der Waals surface area contributed by atoms with Gasteiger partial charge in [0, 0.05) is 19.0 Å². The van der Waals surface area contributed by atoms with E-state index in [9.17, 15) is 4.79 Å². The van der Waals surface area contributed by atoms with E-state index < -0.39 is 0 Å². The highest BCUT2D eigenvalue weighted by Gasteiger charge is 2.14. The number of Topliss-reactive ketones (excluding diaryl/α,β-unsaturated/α-hetero) is 1. The molecule has 16 heavy (non-hydrogen) atoms. The number of hydrogen-bond acceptors (Lipinski definition) is 3. The first-order valence-corrected chi connectivity index (χ1v) is 5.84. The lowest BCUT2D eigenvalue weighted by molar-refractivity contribution is -0.117. The summed E-state index contributed by atoms with van der Waals surface area (Å²) in [5.41, 5.74) is 1.67. The lowest BCUT2D eigenvalue weighted by Crippen LogP contribution is -2.24. The summed E-state index contributed by atoms with van der Waals surface area (Å²) in [5.74, 6) is 0.145. The Balaban J connectivity index is 2.56. The van der Waals surface area contributed by atoms with Crippen molar-refractivity contribution in [3.05, 3.63) is 16.4 Å². The van der Waals surface area contributed by atoms with Gasteiger partial charge in [-0.25, -0.2) is 0 Å². The van der Waals surface area contributed by atoms with Gasteiger partial charge in [-0.15, -0.1) is 0 Å². The molecule has 0 radical (unpaired) electrons. The third-order valence-corrected chi connectivity index (χ3v) is 2.87. The van der Waals surface area contributed by atoms with E-state index >= 15 is 0 Å². The Kier molecular flexibility index (Phi) is 4.96. The normalized spacial score (nSPS) is 10.8. The molecule has 0 aliphatic heterocycles. The molecule has 0 amide bonds. The summed E-state index contributed by atoms with van der Waals surface area (Å²) in [6.07, 6.45) is 1.38.